The van der Waals surface area contributed by atoms with E-state index in [9.17, 15) is 9.59 Å². The standard InChI is InChI=1S/C25H24N2O2/c28-19-20-11-13-23(14-12-20)25(29)27-17-15-26(16-18-27)24(21-7-3-1-4-8-21)22-9-5-2-6-10-22/h1-14,19,24H,15-18H2. The highest BCUT2D eigenvalue weighted by atomic mass is 16.2. The third-order valence-electron chi connectivity index (χ3n) is 5.49. The first-order chi connectivity index (χ1) is 14.3. The molecule has 1 saturated heterocycles. The molecule has 0 unspecified atom stereocenters. The minimum atomic E-state index is 0.0260. The largest absolute Gasteiger partial charge is 0.336 e. The van der Waals surface area contributed by atoms with Gasteiger partial charge in [0.25, 0.3) is 5.91 Å². The van der Waals surface area contributed by atoms with Gasteiger partial charge in [-0.3, -0.25) is 14.5 Å². The van der Waals surface area contributed by atoms with E-state index < -0.39 is 0 Å². The minimum absolute atomic E-state index is 0.0260. The molecule has 3 aromatic carbocycles. The van der Waals surface area contributed by atoms with Gasteiger partial charge in [0, 0.05) is 37.3 Å². The molecule has 0 aliphatic carbocycles. The van der Waals surface area contributed by atoms with Crippen LogP contribution in [0, 0.1) is 0 Å². The van der Waals surface area contributed by atoms with E-state index in [2.05, 4.69) is 53.4 Å². The summed E-state index contributed by atoms with van der Waals surface area (Å²) in [5, 5.41) is 0. The van der Waals surface area contributed by atoms with Crippen molar-refractivity contribution in [2.24, 2.45) is 0 Å². The molecule has 4 heteroatoms. The van der Waals surface area contributed by atoms with E-state index in [1.165, 1.54) is 11.1 Å². The van der Waals surface area contributed by atoms with Crippen molar-refractivity contribution < 1.29 is 9.59 Å². The monoisotopic (exact) mass is 384 g/mol. The molecule has 1 heterocycles. The third-order valence-corrected chi connectivity index (χ3v) is 5.49. The van der Waals surface area contributed by atoms with Crippen LogP contribution in [-0.4, -0.2) is 48.2 Å². The van der Waals surface area contributed by atoms with E-state index in [0.717, 1.165) is 19.4 Å². The molecule has 0 spiro atoms. The number of benzene rings is 3. The quantitative estimate of drug-likeness (QED) is 0.623. The summed E-state index contributed by atoms with van der Waals surface area (Å²) in [5.74, 6) is 0.0260. The molecule has 1 aliphatic rings. The fourth-order valence-corrected chi connectivity index (χ4v) is 3.95. The zero-order valence-corrected chi connectivity index (χ0v) is 16.3. The van der Waals surface area contributed by atoms with Crippen molar-refractivity contribution in [3.8, 4) is 0 Å². The summed E-state index contributed by atoms with van der Waals surface area (Å²) < 4.78 is 0. The SMILES string of the molecule is O=Cc1ccc(C(=O)N2CCN(C(c3ccccc3)c3ccccc3)CC2)cc1. The number of carbonyl (C=O) groups excluding carboxylic acids is 2. The number of amides is 1. The molecule has 1 fully saturated rings. The van der Waals surface area contributed by atoms with Crippen molar-refractivity contribution in [2.75, 3.05) is 26.2 Å². The molecular formula is C25H24N2O2. The molecule has 0 bridgehead atoms. The molecule has 1 amide bonds. The van der Waals surface area contributed by atoms with Gasteiger partial charge in [0.1, 0.15) is 6.29 Å². The Bertz CT molecular complexity index is 908. The predicted octanol–water partition coefficient (Wildman–Crippen LogP) is 4.05. The Kier molecular flexibility index (Phi) is 5.82. The maximum atomic E-state index is 12.8. The summed E-state index contributed by atoms with van der Waals surface area (Å²) in [6, 6.07) is 28.1. The van der Waals surface area contributed by atoms with Crippen molar-refractivity contribution in [1.82, 2.24) is 9.80 Å². The van der Waals surface area contributed by atoms with Gasteiger partial charge in [0.2, 0.25) is 0 Å². The van der Waals surface area contributed by atoms with E-state index in [1.54, 1.807) is 24.3 Å². The average Bonchev–Trinajstić information content (AvgIpc) is 2.81. The maximum Gasteiger partial charge on any atom is 0.253 e. The van der Waals surface area contributed by atoms with Crippen LogP contribution in [0.3, 0.4) is 0 Å². The Morgan fingerprint density at radius 2 is 1.24 bits per heavy atom. The van der Waals surface area contributed by atoms with Gasteiger partial charge in [0.05, 0.1) is 6.04 Å². The first-order valence-corrected chi connectivity index (χ1v) is 9.95. The molecule has 4 nitrogen and oxygen atoms in total. The Balaban J connectivity index is 1.49. The molecular weight excluding hydrogens is 360 g/mol. The molecule has 0 aromatic heterocycles. The average molecular weight is 384 g/mol. The van der Waals surface area contributed by atoms with Crippen LogP contribution in [-0.2, 0) is 0 Å². The molecule has 0 saturated carbocycles. The normalized spacial score (nSPS) is 14.7. The van der Waals surface area contributed by atoms with Crippen LogP contribution in [0.5, 0.6) is 0 Å². The van der Waals surface area contributed by atoms with Crippen molar-refractivity contribution in [3.05, 3.63) is 107 Å². The number of aldehydes is 1. The minimum Gasteiger partial charge on any atom is -0.336 e. The lowest BCUT2D eigenvalue weighted by Gasteiger charge is -2.39. The lowest BCUT2D eigenvalue weighted by Crippen LogP contribution is -2.49. The van der Waals surface area contributed by atoms with Crippen molar-refractivity contribution in [3.63, 3.8) is 0 Å². The number of hydrogen-bond donors (Lipinski definition) is 0. The highest BCUT2D eigenvalue weighted by Gasteiger charge is 2.28. The van der Waals surface area contributed by atoms with Gasteiger partial charge in [-0.1, -0.05) is 72.8 Å². The number of rotatable bonds is 5. The van der Waals surface area contributed by atoms with Crippen LogP contribution in [0.4, 0.5) is 0 Å². The first kappa shape index (κ1) is 19.1. The van der Waals surface area contributed by atoms with E-state index in [4.69, 9.17) is 0 Å². The summed E-state index contributed by atoms with van der Waals surface area (Å²) in [6.45, 7) is 2.99. The summed E-state index contributed by atoms with van der Waals surface area (Å²) in [6.07, 6.45) is 0.792. The van der Waals surface area contributed by atoms with Gasteiger partial charge >= 0.3 is 0 Å². The Morgan fingerprint density at radius 3 is 1.72 bits per heavy atom. The summed E-state index contributed by atoms with van der Waals surface area (Å²) >= 11 is 0. The van der Waals surface area contributed by atoms with Gasteiger partial charge in [-0.25, -0.2) is 0 Å². The fraction of sp³-hybridized carbons (Fsp3) is 0.200. The summed E-state index contributed by atoms with van der Waals surface area (Å²) in [7, 11) is 0. The third kappa shape index (κ3) is 4.28. The fourth-order valence-electron chi connectivity index (χ4n) is 3.95. The lowest BCUT2D eigenvalue weighted by molar-refractivity contribution is 0.0597. The van der Waals surface area contributed by atoms with Crippen molar-refractivity contribution in [2.45, 2.75) is 6.04 Å². The molecule has 146 valence electrons. The highest BCUT2D eigenvalue weighted by Crippen LogP contribution is 2.29. The molecule has 0 N–H and O–H groups in total. The molecule has 4 rings (SSSR count). The smallest absolute Gasteiger partial charge is 0.253 e. The Hall–Kier alpha value is -3.24. The van der Waals surface area contributed by atoms with Crippen molar-refractivity contribution >= 4 is 12.2 Å². The van der Waals surface area contributed by atoms with Gasteiger partial charge in [-0.05, 0) is 23.3 Å². The second kappa shape index (κ2) is 8.84. The van der Waals surface area contributed by atoms with Gasteiger partial charge in [-0.2, -0.15) is 0 Å². The topological polar surface area (TPSA) is 40.6 Å². The van der Waals surface area contributed by atoms with Crippen LogP contribution in [0.2, 0.25) is 0 Å². The number of nitrogens with zero attached hydrogens (tertiary/aromatic N) is 2. The summed E-state index contributed by atoms with van der Waals surface area (Å²) in [4.78, 5) is 28.0. The van der Waals surface area contributed by atoms with Crippen molar-refractivity contribution in [1.29, 1.82) is 0 Å². The van der Waals surface area contributed by atoms with E-state index in [-0.39, 0.29) is 11.9 Å². The van der Waals surface area contributed by atoms with Gasteiger partial charge < -0.3 is 4.90 Å². The molecule has 0 atom stereocenters. The Morgan fingerprint density at radius 1 is 0.724 bits per heavy atom. The van der Waals surface area contributed by atoms with Crippen LogP contribution in [0.25, 0.3) is 0 Å². The second-order valence-corrected chi connectivity index (χ2v) is 7.29. The predicted molar refractivity (Wildman–Crippen MR) is 114 cm³/mol. The number of piperazine rings is 1. The van der Waals surface area contributed by atoms with Gasteiger partial charge in [0.15, 0.2) is 0 Å². The molecule has 3 aromatic rings. The first-order valence-electron chi connectivity index (χ1n) is 9.95. The zero-order chi connectivity index (χ0) is 20.1. The molecule has 29 heavy (non-hydrogen) atoms. The van der Waals surface area contributed by atoms with Crippen LogP contribution < -0.4 is 0 Å². The zero-order valence-electron chi connectivity index (χ0n) is 16.3. The van der Waals surface area contributed by atoms with E-state index in [1.807, 2.05) is 17.0 Å². The van der Waals surface area contributed by atoms with E-state index >= 15 is 0 Å². The maximum absolute atomic E-state index is 12.8. The van der Waals surface area contributed by atoms with Crippen LogP contribution in [0.1, 0.15) is 37.9 Å². The number of carbonyl (C=O) groups is 2. The van der Waals surface area contributed by atoms with Crippen LogP contribution in [0.15, 0.2) is 84.9 Å². The summed E-state index contributed by atoms with van der Waals surface area (Å²) in [5.41, 5.74) is 3.75. The Labute approximate surface area is 171 Å². The second-order valence-electron chi connectivity index (χ2n) is 7.29. The molecule has 0 radical (unpaired) electrons. The highest BCUT2D eigenvalue weighted by molar-refractivity contribution is 5.95. The van der Waals surface area contributed by atoms with Gasteiger partial charge in [-0.15, -0.1) is 0 Å². The van der Waals surface area contributed by atoms with Crippen LogP contribution >= 0.6 is 0 Å². The lowest BCUT2D eigenvalue weighted by atomic mass is 9.96. The van der Waals surface area contributed by atoms with E-state index in [0.29, 0.717) is 24.2 Å². The number of hydrogen-bond acceptors (Lipinski definition) is 3. The molecule has 1 aliphatic heterocycles.